The minimum atomic E-state index is -0.242. The predicted octanol–water partition coefficient (Wildman–Crippen LogP) is 4.81. The van der Waals surface area contributed by atoms with Crippen LogP contribution >= 0.6 is 0 Å². The minimum absolute atomic E-state index is 0.138. The normalized spacial score (nSPS) is 11.5. The molecular formula is C27H26N4O4. The number of carbonyl (C=O) groups excluding carboxylic acids is 2. The van der Waals surface area contributed by atoms with Crippen molar-refractivity contribution in [3.8, 4) is 17.1 Å². The molecule has 0 fully saturated rings. The van der Waals surface area contributed by atoms with E-state index in [4.69, 9.17) is 9.26 Å². The summed E-state index contributed by atoms with van der Waals surface area (Å²) in [4.78, 5) is 29.3. The molecule has 0 saturated carbocycles. The predicted molar refractivity (Wildman–Crippen MR) is 132 cm³/mol. The Hall–Kier alpha value is -4.46. The second-order valence-electron chi connectivity index (χ2n) is 7.98. The molecule has 4 rings (SSSR count). The first-order valence-corrected chi connectivity index (χ1v) is 11.2. The topological polar surface area (TPSA) is 106 Å². The molecule has 0 saturated heterocycles. The highest BCUT2D eigenvalue weighted by Gasteiger charge is 2.14. The number of methoxy groups -OCH3 is 1. The van der Waals surface area contributed by atoms with Crippen molar-refractivity contribution in [2.24, 2.45) is 0 Å². The van der Waals surface area contributed by atoms with Gasteiger partial charge in [0.1, 0.15) is 5.75 Å². The van der Waals surface area contributed by atoms with Gasteiger partial charge in [0.2, 0.25) is 17.6 Å². The number of benzene rings is 3. The maximum absolute atomic E-state index is 12.5. The molecule has 178 valence electrons. The maximum Gasteiger partial charge on any atom is 0.255 e. The molecule has 0 aliphatic rings. The van der Waals surface area contributed by atoms with Crippen LogP contribution in [0.2, 0.25) is 0 Å². The number of anilines is 1. The minimum Gasteiger partial charge on any atom is -0.497 e. The summed E-state index contributed by atoms with van der Waals surface area (Å²) in [5.41, 5.74) is 2.92. The average molecular weight is 471 g/mol. The third-order valence-electron chi connectivity index (χ3n) is 5.44. The monoisotopic (exact) mass is 470 g/mol. The molecule has 0 bridgehead atoms. The molecular weight excluding hydrogens is 444 g/mol. The van der Waals surface area contributed by atoms with E-state index < -0.39 is 0 Å². The van der Waals surface area contributed by atoms with E-state index in [1.165, 1.54) is 0 Å². The zero-order valence-electron chi connectivity index (χ0n) is 19.5. The van der Waals surface area contributed by atoms with Gasteiger partial charge in [0.25, 0.3) is 5.91 Å². The van der Waals surface area contributed by atoms with Crippen LogP contribution in [-0.2, 0) is 11.2 Å². The summed E-state index contributed by atoms with van der Waals surface area (Å²) >= 11 is 0. The smallest absolute Gasteiger partial charge is 0.255 e. The fraction of sp³-hybridized carbons (Fsp3) is 0.185. The first-order valence-electron chi connectivity index (χ1n) is 11.2. The van der Waals surface area contributed by atoms with Crippen LogP contribution in [0, 0.1) is 0 Å². The first-order chi connectivity index (χ1) is 17.0. The van der Waals surface area contributed by atoms with Gasteiger partial charge in [-0.3, -0.25) is 9.59 Å². The molecule has 0 aliphatic heterocycles. The van der Waals surface area contributed by atoms with Crippen LogP contribution in [0.4, 0.5) is 5.69 Å². The van der Waals surface area contributed by atoms with Crippen molar-refractivity contribution in [3.05, 3.63) is 95.9 Å². The summed E-state index contributed by atoms with van der Waals surface area (Å²) in [6.45, 7) is 1.89. The average Bonchev–Trinajstić information content (AvgIpc) is 3.37. The lowest BCUT2D eigenvalue weighted by Gasteiger charge is -2.15. The Labute approximate surface area is 203 Å². The van der Waals surface area contributed by atoms with Crippen LogP contribution in [0.25, 0.3) is 11.4 Å². The quantitative estimate of drug-likeness (QED) is 0.364. The molecule has 0 radical (unpaired) electrons. The van der Waals surface area contributed by atoms with Crippen LogP contribution in [0.1, 0.15) is 41.2 Å². The van der Waals surface area contributed by atoms with E-state index in [-0.39, 0.29) is 24.3 Å². The summed E-state index contributed by atoms with van der Waals surface area (Å²) in [5.74, 6) is 1.27. The summed E-state index contributed by atoms with van der Waals surface area (Å²) in [6.07, 6.45) is 0.536. The Balaban J connectivity index is 1.30. The van der Waals surface area contributed by atoms with Crippen molar-refractivity contribution in [1.82, 2.24) is 15.5 Å². The molecule has 0 aliphatic carbocycles. The van der Waals surface area contributed by atoms with E-state index in [0.717, 1.165) is 16.9 Å². The third kappa shape index (κ3) is 6.32. The molecule has 1 unspecified atom stereocenters. The van der Waals surface area contributed by atoms with Crippen LogP contribution in [0.5, 0.6) is 5.75 Å². The van der Waals surface area contributed by atoms with Gasteiger partial charge in [-0.05, 0) is 61.0 Å². The Kier molecular flexibility index (Phi) is 7.52. The molecule has 2 amide bonds. The van der Waals surface area contributed by atoms with Crippen LogP contribution < -0.4 is 15.4 Å². The number of hydrogen-bond donors (Lipinski definition) is 2. The first kappa shape index (κ1) is 23.7. The maximum atomic E-state index is 12.5. The van der Waals surface area contributed by atoms with Crippen LogP contribution in [0.3, 0.4) is 0 Å². The summed E-state index contributed by atoms with van der Waals surface area (Å²) in [7, 11) is 1.61. The summed E-state index contributed by atoms with van der Waals surface area (Å²) in [6, 6.07) is 23.5. The van der Waals surface area contributed by atoms with Gasteiger partial charge in [-0.15, -0.1) is 0 Å². The molecule has 8 nitrogen and oxygen atoms in total. The lowest BCUT2D eigenvalue weighted by Crippen LogP contribution is -2.27. The number of ether oxygens (including phenoxy) is 1. The SMILES string of the molecule is COc1ccc(-c2noc(CCC(=O)NC(C)c3cccc(NC(=O)c4ccccc4)c3)n2)cc1. The number of carbonyl (C=O) groups is 2. The van der Waals surface area contributed by atoms with Gasteiger partial charge in [0.15, 0.2) is 0 Å². The Morgan fingerprint density at radius 3 is 2.51 bits per heavy atom. The van der Waals surface area contributed by atoms with E-state index >= 15 is 0 Å². The number of hydrogen-bond acceptors (Lipinski definition) is 6. The fourth-order valence-electron chi connectivity index (χ4n) is 3.51. The third-order valence-corrected chi connectivity index (χ3v) is 5.44. The van der Waals surface area contributed by atoms with Gasteiger partial charge in [-0.2, -0.15) is 4.98 Å². The molecule has 1 atom stereocenters. The van der Waals surface area contributed by atoms with Gasteiger partial charge in [0.05, 0.1) is 13.2 Å². The number of nitrogens with one attached hydrogen (secondary N) is 2. The van der Waals surface area contributed by atoms with E-state index in [9.17, 15) is 9.59 Å². The number of aromatic nitrogens is 2. The molecule has 4 aromatic rings. The fourth-order valence-corrected chi connectivity index (χ4v) is 3.51. The molecule has 1 heterocycles. The second-order valence-corrected chi connectivity index (χ2v) is 7.98. The number of rotatable bonds is 9. The van der Waals surface area contributed by atoms with E-state index in [0.29, 0.717) is 29.4 Å². The molecule has 35 heavy (non-hydrogen) atoms. The molecule has 2 N–H and O–H groups in total. The number of aryl methyl sites for hydroxylation is 1. The zero-order valence-corrected chi connectivity index (χ0v) is 19.5. The molecule has 0 spiro atoms. The summed E-state index contributed by atoms with van der Waals surface area (Å²) in [5, 5.41) is 9.85. The van der Waals surface area contributed by atoms with Gasteiger partial charge in [0, 0.05) is 29.7 Å². The van der Waals surface area contributed by atoms with Crippen molar-refractivity contribution >= 4 is 17.5 Å². The van der Waals surface area contributed by atoms with Crippen molar-refractivity contribution in [2.75, 3.05) is 12.4 Å². The Morgan fingerprint density at radius 1 is 1.00 bits per heavy atom. The van der Waals surface area contributed by atoms with Crippen molar-refractivity contribution < 1.29 is 18.8 Å². The number of amides is 2. The van der Waals surface area contributed by atoms with Crippen molar-refractivity contribution in [1.29, 1.82) is 0 Å². The van der Waals surface area contributed by atoms with E-state index in [1.54, 1.807) is 19.2 Å². The summed E-state index contributed by atoms with van der Waals surface area (Å²) < 4.78 is 10.4. The Bertz CT molecular complexity index is 1290. The van der Waals surface area contributed by atoms with Crippen LogP contribution in [0.15, 0.2) is 83.4 Å². The van der Waals surface area contributed by atoms with Crippen LogP contribution in [-0.4, -0.2) is 29.1 Å². The van der Waals surface area contributed by atoms with Gasteiger partial charge in [-0.1, -0.05) is 35.5 Å². The standard InChI is InChI=1S/C27H26N4O4/c1-18(21-9-6-10-22(17-21)29-27(33)20-7-4-3-5-8-20)28-24(32)15-16-25-30-26(31-35-25)19-11-13-23(34-2)14-12-19/h3-14,17-18H,15-16H2,1-2H3,(H,28,32)(H,29,33). The van der Waals surface area contributed by atoms with E-state index in [2.05, 4.69) is 20.8 Å². The van der Waals surface area contributed by atoms with Gasteiger partial charge >= 0.3 is 0 Å². The lowest BCUT2D eigenvalue weighted by atomic mass is 10.1. The Morgan fingerprint density at radius 2 is 1.77 bits per heavy atom. The van der Waals surface area contributed by atoms with Crippen molar-refractivity contribution in [3.63, 3.8) is 0 Å². The largest absolute Gasteiger partial charge is 0.497 e. The zero-order chi connectivity index (χ0) is 24.6. The highest BCUT2D eigenvalue weighted by atomic mass is 16.5. The second kappa shape index (κ2) is 11.1. The lowest BCUT2D eigenvalue weighted by molar-refractivity contribution is -0.121. The van der Waals surface area contributed by atoms with Crippen molar-refractivity contribution in [2.45, 2.75) is 25.8 Å². The van der Waals surface area contributed by atoms with Gasteiger partial charge < -0.3 is 19.9 Å². The van der Waals surface area contributed by atoms with Gasteiger partial charge in [-0.25, -0.2) is 0 Å². The highest BCUT2D eigenvalue weighted by molar-refractivity contribution is 6.04. The highest BCUT2D eigenvalue weighted by Crippen LogP contribution is 2.21. The molecule has 3 aromatic carbocycles. The van der Waals surface area contributed by atoms with E-state index in [1.807, 2.05) is 73.7 Å². The number of nitrogens with zero attached hydrogens (tertiary/aromatic N) is 2. The molecule has 8 heteroatoms. The molecule has 1 aromatic heterocycles.